The maximum atomic E-state index is 13.3. The Hall–Kier alpha value is -1.75. The lowest BCUT2D eigenvalue weighted by Gasteiger charge is -2.27. The van der Waals surface area contributed by atoms with Gasteiger partial charge in [0.15, 0.2) is 11.6 Å². The van der Waals surface area contributed by atoms with E-state index in [4.69, 9.17) is 0 Å². The Balaban J connectivity index is 2.06. The Labute approximate surface area is 111 Å². The maximum absolute atomic E-state index is 13.3. The highest BCUT2D eigenvalue weighted by atomic mass is 19.1. The van der Waals surface area contributed by atoms with Gasteiger partial charge in [0.2, 0.25) is 0 Å². The molecule has 1 aromatic carbocycles. The first-order valence-electron chi connectivity index (χ1n) is 6.59. The minimum absolute atomic E-state index is 0.212. The molecule has 100 valence electrons. The predicted octanol–water partition coefficient (Wildman–Crippen LogP) is 2.38. The zero-order valence-corrected chi connectivity index (χ0v) is 11.1. The van der Waals surface area contributed by atoms with E-state index in [1.807, 2.05) is 6.07 Å². The van der Waals surface area contributed by atoms with Crippen LogP contribution < -0.4 is 5.32 Å². The van der Waals surface area contributed by atoms with Gasteiger partial charge in [-0.1, -0.05) is 26.0 Å². The van der Waals surface area contributed by atoms with Gasteiger partial charge in [0.05, 0.1) is 6.04 Å². The van der Waals surface area contributed by atoms with Crippen molar-refractivity contribution >= 4 is 0 Å². The first-order chi connectivity index (χ1) is 9.16. The van der Waals surface area contributed by atoms with E-state index in [0.29, 0.717) is 5.92 Å². The van der Waals surface area contributed by atoms with Gasteiger partial charge in [0.1, 0.15) is 5.82 Å². The number of fused-ring (bicyclic) bond motifs is 1. The van der Waals surface area contributed by atoms with E-state index < -0.39 is 0 Å². The van der Waals surface area contributed by atoms with Gasteiger partial charge >= 0.3 is 0 Å². The van der Waals surface area contributed by atoms with Crippen molar-refractivity contribution in [2.45, 2.75) is 26.4 Å². The Bertz CT molecular complexity index is 591. The van der Waals surface area contributed by atoms with E-state index >= 15 is 0 Å². The number of nitrogens with zero attached hydrogens (tertiary/aromatic N) is 3. The van der Waals surface area contributed by atoms with Gasteiger partial charge in [-0.25, -0.2) is 4.39 Å². The van der Waals surface area contributed by atoms with E-state index in [1.54, 1.807) is 6.07 Å². The average Bonchev–Trinajstić information content (AvgIpc) is 2.82. The van der Waals surface area contributed by atoms with Crippen LogP contribution in [-0.2, 0) is 6.54 Å². The molecule has 0 saturated carbocycles. The van der Waals surface area contributed by atoms with Gasteiger partial charge < -0.3 is 9.88 Å². The zero-order chi connectivity index (χ0) is 13.4. The smallest absolute Gasteiger partial charge is 0.164 e. The summed E-state index contributed by atoms with van der Waals surface area (Å²) in [7, 11) is 0. The van der Waals surface area contributed by atoms with E-state index in [-0.39, 0.29) is 11.9 Å². The molecule has 1 unspecified atom stereocenters. The third-order valence-corrected chi connectivity index (χ3v) is 3.51. The minimum Gasteiger partial charge on any atom is -0.308 e. The first kappa shape index (κ1) is 12.3. The van der Waals surface area contributed by atoms with Crippen molar-refractivity contribution in [3.63, 3.8) is 0 Å². The third kappa shape index (κ3) is 2.14. The highest BCUT2D eigenvalue weighted by Gasteiger charge is 2.27. The second-order valence-corrected chi connectivity index (χ2v) is 5.22. The van der Waals surface area contributed by atoms with Gasteiger partial charge in [0.25, 0.3) is 0 Å². The SMILES string of the molecule is CC(C)C1NCCn2c(-c3cccc(F)c3)nnc21. The quantitative estimate of drug-likeness (QED) is 0.901. The molecular formula is C14H17FN4. The Morgan fingerprint density at radius 3 is 2.95 bits per heavy atom. The summed E-state index contributed by atoms with van der Waals surface area (Å²) < 4.78 is 15.4. The summed E-state index contributed by atoms with van der Waals surface area (Å²) in [5.41, 5.74) is 0.781. The molecule has 5 heteroatoms. The lowest BCUT2D eigenvalue weighted by atomic mass is 10.0. The van der Waals surface area contributed by atoms with Crippen LogP contribution in [0.15, 0.2) is 24.3 Å². The number of rotatable bonds is 2. The Kier molecular flexibility index (Phi) is 3.06. The van der Waals surface area contributed by atoms with Crippen LogP contribution in [0.4, 0.5) is 4.39 Å². The van der Waals surface area contributed by atoms with Crippen LogP contribution in [0, 0.1) is 11.7 Å². The van der Waals surface area contributed by atoms with Crippen LogP contribution in [-0.4, -0.2) is 21.3 Å². The minimum atomic E-state index is -0.246. The molecule has 0 radical (unpaired) electrons. The molecule has 0 bridgehead atoms. The maximum Gasteiger partial charge on any atom is 0.164 e. The van der Waals surface area contributed by atoms with Crippen molar-refractivity contribution in [3.05, 3.63) is 35.9 Å². The molecule has 4 nitrogen and oxygen atoms in total. The van der Waals surface area contributed by atoms with Gasteiger partial charge in [0, 0.05) is 18.7 Å². The lowest BCUT2D eigenvalue weighted by molar-refractivity contribution is 0.339. The number of aromatic nitrogens is 3. The van der Waals surface area contributed by atoms with Crippen molar-refractivity contribution in [1.29, 1.82) is 0 Å². The molecule has 0 fully saturated rings. The van der Waals surface area contributed by atoms with Gasteiger partial charge in [-0.2, -0.15) is 0 Å². The largest absolute Gasteiger partial charge is 0.308 e. The summed E-state index contributed by atoms with van der Waals surface area (Å²) >= 11 is 0. The summed E-state index contributed by atoms with van der Waals surface area (Å²) in [5, 5.41) is 12.0. The molecular weight excluding hydrogens is 243 g/mol. The summed E-state index contributed by atoms with van der Waals surface area (Å²) in [4.78, 5) is 0. The second kappa shape index (κ2) is 4.74. The summed E-state index contributed by atoms with van der Waals surface area (Å²) in [6.45, 7) is 6.02. The average molecular weight is 260 g/mol. The molecule has 2 heterocycles. The predicted molar refractivity (Wildman–Crippen MR) is 71.0 cm³/mol. The number of halogens is 1. The number of benzene rings is 1. The molecule has 0 aliphatic carbocycles. The van der Waals surface area contributed by atoms with Gasteiger partial charge in [-0.05, 0) is 18.1 Å². The molecule has 1 aromatic heterocycles. The Morgan fingerprint density at radius 2 is 2.21 bits per heavy atom. The monoisotopic (exact) mass is 260 g/mol. The lowest BCUT2D eigenvalue weighted by Crippen LogP contribution is -2.36. The van der Waals surface area contributed by atoms with Crippen molar-refractivity contribution < 1.29 is 4.39 Å². The second-order valence-electron chi connectivity index (χ2n) is 5.22. The molecule has 19 heavy (non-hydrogen) atoms. The summed E-state index contributed by atoms with van der Waals surface area (Å²) in [6.07, 6.45) is 0. The summed E-state index contributed by atoms with van der Waals surface area (Å²) in [6, 6.07) is 6.72. The molecule has 1 atom stereocenters. The fraction of sp³-hybridized carbons (Fsp3) is 0.429. The van der Waals surface area contributed by atoms with Crippen molar-refractivity contribution in [2.24, 2.45) is 5.92 Å². The molecule has 1 N–H and O–H groups in total. The van der Waals surface area contributed by atoms with Crippen LogP contribution in [0.3, 0.4) is 0 Å². The normalized spacial score (nSPS) is 18.6. The topological polar surface area (TPSA) is 42.7 Å². The van der Waals surface area contributed by atoms with E-state index in [1.165, 1.54) is 12.1 Å². The van der Waals surface area contributed by atoms with E-state index in [0.717, 1.165) is 30.3 Å². The fourth-order valence-electron chi connectivity index (χ4n) is 2.56. The Morgan fingerprint density at radius 1 is 1.37 bits per heavy atom. The van der Waals surface area contributed by atoms with E-state index in [9.17, 15) is 4.39 Å². The molecule has 1 aliphatic rings. The molecule has 1 aliphatic heterocycles. The number of nitrogens with one attached hydrogen (secondary N) is 1. The van der Waals surface area contributed by atoms with Crippen molar-refractivity contribution in [2.75, 3.05) is 6.54 Å². The number of hydrogen-bond donors (Lipinski definition) is 1. The molecule has 0 spiro atoms. The highest BCUT2D eigenvalue weighted by molar-refractivity contribution is 5.55. The third-order valence-electron chi connectivity index (χ3n) is 3.51. The number of hydrogen-bond acceptors (Lipinski definition) is 3. The van der Waals surface area contributed by atoms with Crippen LogP contribution in [0.2, 0.25) is 0 Å². The standard InChI is InChI=1S/C14H17FN4/c1-9(2)12-14-18-17-13(19(14)7-6-16-12)10-4-3-5-11(15)8-10/h3-5,8-9,12,16H,6-7H2,1-2H3. The van der Waals surface area contributed by atoms with Crippen molar-refractivity contribution in [1.82, 2.24) is 20.1 Å². The van der Waals surface area contributed by atoms with Crippen molar-refractivity contribution in [3.8, 4) is 11.4 Å². The van der Waals surface area contributed by atoms with Crippen LogP contribution >= 0.6 is 0 Å². The highest BCUT2D eigenvalue weighted by Crippen LogP contribution is 2.27. The zero-order valence-electron chi connectivity index (χ0n) is 11.1. The summed E-state index contributed by atoms with van der Waals surface area (Å²) in [5.74, 6) is 1.90. The van der Waals surface area contributed by atoms with Crippen LogP contribution in [0.5, 0.6) is 0 Å². The van der Waals surface area contributed by atoms with Gasteiger partial charge in [-0.15, -0.1) is 10.2 Å². The first-order valence-corrected chi connectivity index (χ1v) is 6.59. The fourth-order valence-corrected chi connectivity index (χ4v) is 2.56. The van der Waals surface area contributed by atoms with E-state index in [2.05, 4.69) is 33.9 Å². The molecule has 2 aromatic rings. The van der Waals surface area contributed by atoms with Gasteiger partial charge in [-0.3, -0.25) is 0 Å². The molecule has 0 saturated heterocycles. The molecule has 3 rings (SSSR count). The van der Waals surface area contributed by atoms with Crippen LogP contribution in [0.1, 0.15) is 25.7 Å². The molecule has 0 amide bonds. The van der Waals surface area contributed by atoms with Crippen LogP contribution in [0.25, 0.3) is 11.4 Å².